The summed E-state index contributed by atoms with van der Waals surface area (Å²) < 4.78 is 0. The number of hydrogen-bond donors (Lipinski definition) is 0. The Morgan fingerprint density at radius 2 is 0.610 bits per heavy atom. The van der Waals surface area contributed by atoms with Crippen molar-refractivity contribution in [3.63, 3.8) is 0 Å². The second kappa shape index (κ2) is 41.2. The van der Waals surface area contributed by atoms with Gasteiger partial charge in [0.1, 0.15) is 0 Å². The maximum absolute atomic E-state index is 10.2. The first-order valence-electron chi connectivity index (χ1n) is 17.2. The van der Waals surface area contributed by atoms with Crippen LogP contribution in [0.5, 0.6) is 0 Å². The number of carbonyl (C=O) groups excluding carboxylic acids is 2. The first-order valence-corrected chi connectivity index (χ1v) is 17.2. The van der Waals surface area contributed by atoms with Crippen molar-refractivity contribution in [1.82, 2.24) is 0 Å². The van der Waals surface area contributed by atoms with Crippen molar-refractivity contribution in [2.45, 2.75) is 194 Å². The van der Waals surface area contributed by atoms with Crippen molar-refractivity contribution in [1.29, 1.82) is 0 Å². The molecule has 0 atom stereocenters. The fourth-order valence-electron chi connectivity index (χ4n) is 4.68. The second-order valence-corrected chi connectivity index (χ2v) is 11.4. The Bertz CT molecular complexity index is 524. The summed E-state index contributed by atoms with van der Waals surface area (Å²) in [5, 5.41) is 20.4. The van der Waals surface area contributed by atoms with E-state index in [2.05, 4.69) is 38.2 Å². The maximum atomic E-state index is 10.2. The van der Waals surface area contributed by atoms with Crippen LogP contribution in [0.2, 0.25) is 0 Å². The molecule has 41 heavy (non-hydrogen) atoms. The third-order valence-electron chi connectivity index (χ3n) is 7.29. The van der Waals surface area contributed by atoms with E-state index in [4.69, 9.17) is 0 Å². The Balaban J connectivity index is -0.000000688. The van der Waals surface area contributed by atoms with Crippen LogP contribution in [-0.4, -0.2) is 11.9 Å². The first-order chi connectivity index (χ1) is 19.5. The van der Waals surface area contributed by atoms with E-state index in [9.17, 15) is 19.8 Å². The molecular weight excluding hydrogens is 562 g/mol. The van der Waals surface area contributed by atoms with Gasteiger partial charge in [-0.2, -0.15) is 0 Å². The van der Waals surface area contributed by atoms with E-state index < -0.39 is 11.9 Å². The fraction of sp³-hybridized carbons (Fsp3) is 0.833. The normalized spacial score (nSPS) is 11.0. The second-order valence-electron chi connectivity index (χ2n) is 11.4. The van der Waals surface area contributed by atoms with Crippen molar-refractivity contribution in [2.75, 3.05) is 0 Å². The summed E-state index contributed by atoms with van der Waals surface area (Å²) >= 11 is 0. The number of carbonyl (C=O) groups is 2. The van der Waals surface area contributed by atoms with E-state index >= 15 is 0 Å². The molecule has 0 fully saturated rings. The van der Waals surface area contributed by atoms with Gasteiger partial charge < -0.3 is 19.8 Å². The van der Waals surface area contributed by atoms with Gasteiger partial charge in [-0.1, -0.05) is 141 Å². The van der Waals surface area contributed by atoms with Crippen LogP contribution in [0, 0.1) is 0 Å². The van der Waals surface area contributed by atoms with E-state index in [1.165, 1.54) is 116 Å². The van der Waals surface area contributed by atoms with Gasteiger partial charge in [0.05, 0.1) is 0 Å². The predicted octanol–water partition coefficient (Wildman–Crippen LogP) is 9.55. The van der Waals surface area contributed by atoms with E-state index in [1.54, 1.807) is 0 Å². The molecule has 0 saturated carbocycles. The molecule has 0 rings (SSSR count). The molecule has 0 bridgehead atoms. The molecule has 0 aromatic heterocycles. The minimum absolute atomic E-state index is 0. The third kappa shape index (κ3) is 49.1. The molecule has 0 N–H and O–H groups in total. The number of rotatable bonds is 30. The smallest absolute Gasteiger partial charge is 0.550 e. The Hall–Kier alpha value is -0.957. The number of hydrogen-bond acceptors (Lipinski definition) is 4. The molecule has 0 unspecified atom stereocenters. The van der Waals surface area contributed by atoms with Crippen LogP contribution in [0.1, 0.15) is 194 Å². The minimum Gasteiger partial charge on any atom is -0.550 e. The molecule has 0 aliphatic rings. The van der Waals surface area contributed by atoms with Crippen molar-refractivity contribution < 1.29 is 39.3 Å². The Morgan fingerprint density at radius 3 is 0.854 bits per heavy atom. The summed E-state index contributed by atoms with van der Waals surface area (Å²) in [7, 11) is 0. The summed E-state index contributed by atoms with van der Waals surface area (Å²) in [6.45, 7) is 4.52. The van der Waals surface area contributed by atoms with Gasteiger partial charge in [0.15, 0.2) is 0 Å². The monoisotopic (exact) mass is 626 g/mol. The molecule has 0 aliphatic carbocycles. The van der Waals surface area contributed by atoms with Gasteiger partial charge in [-0.3, -0.25) is 0 Å². The van der Waals surface area contributed by atoms with Crippen LogP contribution in [-0.2, 0) is 29.1 Å². The summed E-state index contributed by atoms with van der Waals surface area (Å²) in [5.74, 6) is -1.84. The van der Waals surface area contributed by atoms with Gasteiger partial charge in [-0.15, -0.1) is 0 Å². The molecule has 4 nitrogen and oxygen atoms in total. The van der Waals surface area contributed by atoms with Crippen LogP contribution in [0.15, 0.2) is 24.3 Å². The standard InChI is InChI=1S/2C18H34O2.Zn/c2*1-2-3-4-5-6-7-8-9-10-11-12-13-14-15-16-17-18(19)20;/h2*11-12H,2-10,13-17H2,1H3,(H,19,20);/q;;+2/p-2. The first kappa shape index (κ1) is 44.5. The van der Waals surface area contributed by atoms with Crippen molar-refractivity contribution in [3.8, 4) is 0 Å². The summed E-state index contributed by atoms with van der Waals surface area (Å²) in [5.41, 5.74) is 0. The molecule has 0 aliphatic heterocycles. The SMILES string of the molecule is CCCCCCCCCCC=CCCCCCC(=O)[O-].CCCCCCCCCCC=CCCCCCC(=O)[O-].[Zn+2]. The van der Waals surface area contributed by atoms with E-state index in [0.717, 1.165) is 51.4 Å². The predicted molar refractivity (Wildman–Crippen MR) is 169 cm³/mol. The average Bonchev–Trinajstić information content (AvgIpc) is 2.93. The molecule has 0 radical (unpaired) electrons. The quantitative estimate of drug-likeness (QED) is 0.0451. The van der Waals surface area contributed by atoms with E-state index in [1.807, 2.05) is 0 Å². The number of unbranched alkanes of at least 4 members (excludes halogenated alkanes) is 22. The Kier molecular flexibility index (Phi) is 44.7. The number of allylic oxidation sites excluding steroid dienone is 4. The van der Waals surface area contributed by atoms with Crippen LogP contribution in [0.4, 0.5) is 0 Å². The number of carboxylic acid groups (broad SMARTS) is 2. The van der Waals surface area contributed by atoms with Gasteiger partial charge in [0, 0.05) is 11.9 Å². The van der Waals surface area contributed by atoms with Crippen molar-refractivity contribution in [3.05, 3.63) is 24.3 Å². The summed E-state index contributed by atoms with van der Waals surface area (Å²) in [4.78, 5) is 20.4. The van der Waals surface area contributed by atoms with E-state index in [-0.39, 0.29) is 32.3 Å². The summed E-state index contributed by atoms with van der Waals surface area (Å²) in [6.07, 6.45) is 41.8. The molecule has 236 valence electrons. The Morgan fingerprint density at radius 1 is 0.390 bits per heavy atom. The van der Waals surface area contributed by atoms with Crippen LogP contribution in [0.25, 0.3) is 0 Å². The topological polar surface area (TPSA) is 80.3 Å². The van der Waals surface area contributed by atoms with Gasteiger partial charge in [0.25, 0.3) is 0 Å². The van der Waals surface area contributed by atoms with Crippen LogP contribution < -0.4 is 10.2 Å². The molecule has 0 aromatic carbocycles. The zero-order chi connectivity index (χ0) is 29.8. The molecule has 0 aromatic rings. The zero-order valence-electron chi connectivity index (χ0n) is 27.4. The molecule has 0 spiro atoms. The average molecular weight is 628 g/mol. The largest absolute Gasteiger partial charge is 2.00 e. The van der Waals surface area contributed by atoms with Crippen molar-refractivity contribution in [2.24, 2.45) is 0 Å². The number of aliphatic carboxylic acids is 2. The van der Waals surface area contributed by atoms with Crippen LogP contribution in [0.3, 0.4) is 0 Å². The summed E-state index contributed by atoms with van der Waals surface area (Å²) in [6, 6.07) is 0. The van der Waals surface area contributed by atoms with Gasteiger partial charge in [-0.25, -0.2) is 0 Å². The number of carboxylic acids is 2. The minimum atomic E-state index is -0.921. The molecule has 0 amide bonds. The van der Waals surface area contributed by atoms with Crippen molar-refractivity contribution >= 4 is 11.9 Å². The molecule has 0 saturated heterocycles. The van der Waals surface area contributed by atoms with Gasteiger partial charge >= 0.3 is 19.5 Å². The Labute approximate surface area is 268 Å². The molecule has 0 heterocycles. The van der Waals surface area contributed by atoms with Gasteiger partial charge in [-0.05, 0) is 77.0 Å². The molecular formula is C36H66O4Zn. The fourth-order valence-corrected chi connectivity index (χ4v) is 4.68. The zero-order valence-corrected chi connectivity index (χ0v) is 30.4. The van der Waals surface area contributed by atoms with E-state index in [0.29, 0.717) is 0 Å². The van der Waals surface area contributed by atoms with Crippen LogP contribution >= 0.6 is 0 Å². The third-order valence-corrected chi connectivity index (χ3v) is 7.29. The maximum Gasteiger partial charge on any atom is 2.00 e. The molecule has 5 heteroatoms. The van der Waals surface area contributed by atoms with Gasteiger partial charge in [0.2, 0.25) is 0 Å².